The molecule has 0 N–H and O–H groups in total. The first-order valence-electron chi connectivity index (χ1n) is 4.74. The van der Waals surface area contributed by atoms with Crippen LogP contribution >= 0.6 is 0 Å². The van der Waals surface area contributed by atoms with Gasteiger partial charge in [0.15, 0.2) is 0 Å². The molecule has 1 amide bonds. The van der Waals surface area contributed by atoms with Gasteiger partial charge in [-0.25, -0.2) is 0 Å². The lowest BCUT2D eigenvalue weighted by atomic mass is 10.1. The summed E-state index contributed by atoms with van der Waals surface area (Å²) >= 11 is 0. The summed E-state index contributed by atoms with van der Waals surface area (Å²) in [5.74, 6) is 0.556. The van der Waals surface area contributed by atoms with Crippen LogP contribution in [0.25, 0.3) is 0 Å². The van der Waals surface area contributed by atoms with Gasteiger partial charge < -0.3 is 4.90 Å². The minimum atomic E-state index is 0.212. The molecule has 0 saturated carbocycles. The van der Waals surface area contributed by atoms with Gasteiger partial charge in [0.05, 0.1) is 12.0 Å². The largest absolute Gasteiger partial charge is 0.333 e. The van der Waals surface area contributed by atoms with E-state index in [1.807, 2.05) is 4.90 Å². The molecule has 1 heterocycles. The molecular weight excluding hydrogens is 150 g/mol. The molecule has 2 nitrogen and oxygen atoms in total. The van der Waals surface area contributed by atoms with Crippen LogP contribution in [-0.4, -0.2) is 22.9 Å². The second-order valence-corrected chi connectivity index (χ2v) is 3.80. The molecule has 66 valence electrons. The Kier molecular flexibility index (Phi) is 1.71. The van der Waals surface area contributed by atoms with Gasteiger partial charge in [0.1, 0.15) is 0 Å². The van der Waals surface area contributed by atoms with Gasteiger partial charge in [0, 0.05) is 6.04 Å². The average molecular weight is 165 g/mol. The predicted molar refractivity (Wildman–Crippen MR) is 47.6 cm³/mol. The molecule has 0 aromatic carbocycles. The van der Waals surface area contributed by atoms with Crippen molar-refractivity contribution in [1.82, 2.24) is 4.90 Å². The van der Waals surface area contributed by atoms with Crippen molar-refractivity contribution >= 4 is 5.91 Å². The van der Waals surface area contributed by atoms with Crippen LogP contribution in [0.1, 0.15) is 26.7 Å². The number of carbonyl (C=O) groups is 1. The maximum absolute atomic E-state index is 11.6. The maximum Gasteiger partial charge on any atom is 0.230 e. The highest BCUT2D eigenvalue weighted by atomic mass is 16.2. The van der Waals surface area contributed by atoms with Gasteiger partial charge in [0.25, 0.3) is 0 Å². The number of carbonyl (C=O) groups excluding carboxylic acids is 1. The van der Waals surface area contributed by atoms with E-state index < -0.39 is 0 Å². The summed E-state index contributed by atoms with van der Waals surface area (Å²) in [5, 5.41) is 0. The monoisotopic (exact) mass is 165 g/mol. The predicted octanol–water partition coefficient (Wildman–Crippen LogP) is 1.57. The van der Waals surface area contributed by atoms with Crippen molar-refractivity contribution in [2.24, 2.45) is 5.92 Å². The highest BCUT2D eigenvalue weighted by Gasteiger charge is 2.42. The van der Waals surface area contributed by atoms with Crippen molar-refractivity contribution in [2.45, 2.75) is 38.8 Å². The molecule has 1 aliphatic heterocycles. The average Bonchev–Trinajstić information content (AvgIpc) is 2.63. The van der Waals surface area contributed by atoms with Crippen LogP contribution < -0.4 is 0 Å². The Labute approximate surface area is 73.2 Å². The molecule has 0 radical (unpaired) electrons. The lowest BCUT2D eigenvalue weighted by molar-refractivity contribution is -0.132. The fraction of sp³-hybridized carbons (Fsp3) is 0.700. The van der Waals surface area contributed by atoms with E-state index in [-0.39, 0.29) is 5.92 Å². The Hall–Kier alpha value is -0.790. The topological polar surface area (TPSA) is 20.3 Å². The molecule has 0 aromatic heterocycles. The van der Waals surface area contributed by atoms with E-state index >= 15 is 0 Å². The summed E-state index contributed by atoms with van der Waals surface area (Å²) in [6, 6.07) is 0.829. The van der Waals surface area contributed by atoms with Gasteiger partial charge in [0.2, 0.25) is 5.91 Å². The Bertz CT molecular complexity index is 234. The van der Waals surface area contributed by atoms with Crippen LogP contribution in [0.5, 0.6) is 0 Å². The summed E-state index contributed by atoms with van der Waals surface area (Å²) < 4.78 is 0. The molecule has 12 heavy (non-hydrogen) atoms. The number of rotatable bonds is 2. The molecule has 3 unspecified atom stereocenters. The number of fused-ring (bicyclic) bond motifs is 2. The van der Waals surface area contributed by atoms with Crippen molar-refractivity contribution in [1.29, 1.82) is 0 Å². The fourth-order valence-electron chi connectivity index (χ4n) is 2.16. The minimum Gasteiger partial charge on any atom is -0.333 e. The molecule has 0 spiro atoms. The van der Waals surface area contributed by atoms with Crippen LogP contribution in [0, 0.1) is 5.92 Å². The van der Waals surface area contributed by atoms with Crippen molar-refractivity contribution in [3.05, 3.63) is 12.2 Å². The maximum atomic E-state index is 11.6. The van der Waals surface area contributed by atoms with Crippen LogP contribution in [-0.2, 0) is 4.79 Å². The van der Waals surface area contributed by atoms with Crippen LogP contribution in [0.4, 0.5) is 0 Å². The smallest absolute Gasteiger partial charge is 0.230 e. The zero-order valence-electron chi connectivity index (χ0n) is 7.66. The fourth-order valence-corrected chi connectivity index (χ4v) is 2.16. The molecule has 1 aliphatic carbocycles. The minimum absolute atomic E-state index is 0.212. The summed E-state index contributed by atoms with van der Waals surface area (Å²) in [7, 11) is 0. The molecule has 0 aromatic rings. The van der Waals surface area contributed by atoms with Crippen LogP contribution in [0.3, 0.4) is 0 Å². The third kappa shape index (κ3) is 0.904. The van der Waals surface area contributed by atoms with E-state index in [9.17, 15) is 4.79 Å². The molecule has 2 heteroatoms. The lowest BCUT2D eigenvalue weighted by Gasteiger charge is -2.29. The van der Waals surface area contributed by atoms with Gasteiger partial charge in [-0.2, -0.15) is 0 Å². The third-order valence-corrected chi connectivity index (χ3v) is 3.06. The Morgan fingerprint density at radius 2 is 2.42 bits per heavy atom. The molecule has 2 aliphatic rings. The molecule has 1 saturated heterocycles. The highest BCUT2D eigenvalue weighted by Crippen LogP contribution is 2.34. The van der Waals surface area contributed by atoms with E-state index in [2.05, 4.69) is 26.0 Å². The highest BCUT2D eigenvalue weighted by molar-refractivity contribution is 5.85. The van der Waals surface area contributed by atoms with Gasteiger partial charge in [-0.1, -0.05) is 19.1 Å². The first-order valence-corrected chi connectivity index (χ1v) is 4.74. The standard InChI is InChI=1S/C10H15NO/c1-3-7(2)11-9-5-4-8(6-9)10(11)12/h4-5,7-9H,3,6H2,1-2H3. The van der Waals surface area contributed by atoms with E-state index in [1.54, 1.807) is 0 Å². The zero-order chi connectivity index (χ0) is 8.72. The van der Waals surface area contributed by atoms with Gasteiger partial charge in [-0.15, -0.1) is 0 Å². The number of nitrogens with zero attached hydrogens (tertiary/aromatic N) is 1. The van der Waals surface area contributed by atoms with Crippen molar-refractivity contribution in [3.8, 4) is 0 Å². The van der Waals surface area contributed by atoms with Crippen molar-refractivity contribution in [3.63, 3.8) is 0 Å². The second kappa shape index (κ2) is 2.61. The van der Waals surface area contributed by atoms with E-state index in [0.717, 1.165) is 12.8 Å². The van der Waals surface area contributed by atoms with Gasteiger partial charge in [-0.05, 0) is 19.8 Å². The molecule has 2 rings (SSSR count). The number of hydrogen-bond acceptors (Lipinski definition) is 1. The van der Waals surface area contributed by atoms with Gasteiger partial charge in [-0.3, -0.25) is 4.79 Å². The van der Waals surface area contributed by atoms with Crippen LogP contribution in [0.15, 0.2) is 12.2 Å². The summed E-state index contributed by atoms with van der Waals surface area (Å²) in [6.45, 7) is 4.26. The van der Waals surface area contributed by atoms with Crippen molar-refractivity contribution < 1.29 is 4.79 Å². The first-order chi connectivity index (χ1) is 5.74. The number of likely N-dealkylation sites (tertiary alicyclic amines) is 1. The normalized spacial score (nSPS) is 34.8. The van der Waals surface area contributed by atoms with Gasteiger partial charge >= 0.3 is 0 Å². The second-order valence-electron chi connectivity index (χ2n) is 3.80. The van der Waals surface area contributed by atoms with Crippen LogP contribution in [0.2, 0.25) is 0 Å². The third-order valence-electron chi connectivity index (χ3n) is 3.06. The summed E-state index contributed by atoms with van der Waals surface area (Å²) in [4.78, 5) is 13.7. The Morgan fingerprint density at radius 3 is 2.92 bits per heavy atom. The SMILES string of the molecule is CCC(C)N1C(=O)C2C=CC1C2. The molecule has 1 fully saturated rings. The summed E-state index contributed by atoms with van der Waals surface area (Å²) in [6.07, 6.45) is 6.33. The first kappa shape index (κ1) is 7.84. The van der Waals surface area contributed by atoms with E-state index in [0.29, 0.717) is 18.0 Å². The van der Waals surface area contributed by atoms with E-state index in [1.165, 1.54) is 0 Å². The summed E-state index contributed by atoms with van der Waals surface area (Å²) in [5.41, 5.74) is 0. The van der Waals surface area contributed by atoms with E-state index in [4.69, 9.17) is 0 Å². The molecule has 3 atom stereocenters. The molecular formula is C10H15NO. The Morgan fingerprint density at radius 1 is 1.67 bits per heavy atom. The molecule has 2 bridgehead atoms. The number of amides is 1. The number of hydrogen-bond donors (Lipinski definition) is 0. The quantitative estimate of drug-likeness (QED) is 0.569. The lowest BCUT2D eigenvalue weighted by Crippen LogP contribution is -2.41. The zero-order valence-corrected chi connectivity index (χ0v) is 7.66. The Balaban J connectivity index is 2.18. The van der Waals surface area contributed by atoms with Crippen molar-refractivity contribution in [2.75, 3.05) is 0 Å².